The Balaban J connectivity index is 2.49. The minimum atomic E-state index is 0.0709. The Morgan fingerprint density at radius 1 is 1.32 bits per heavy atom. The lowest BCUT2D eigenvalue weighted by Crippen LogP contribution is -2.17. The van der Waals surface area contributed by atoms with Crippen molar-refractivity contribution in [1.82, 2.24) is 9.97 Å². The van der Waals surface area contributed by atoms with E-state index in [0.717, 1.165) is 21.2 Å². The topological polar surface area (TPSA) is 84.4 Å². The van der Waals surface area contributed by atoms with Crippen molar-refractivity contribution in [3.05, 3.63) is 47.5 Å². The maximum Gasteiger partial charge on any atom is 0.173 e. The lowest BCUT2D eigenvalue weighted by molar-refractivity contribution is 0.318. The first-order valence-corrected chi connectivity index (χ1v) is 6.47. The molecule has 0 bridgehead atoms. The molecule has 0 fully saturated rings. The molecule has 2 aromatic rings. The fraction of sp³-hybridized carbons (Fsp3) is 0.154. The van der Waals surface area contributed by atoms with E-state index < -0.39 is 0 Å². The van der Waals surface area contributed by atoms with Gasteiger partial charge in [-0.2, -0.15) is 0 Å². The van der Waals surface area contributed by atoms with E-state index in [1.165, 1.54) is 11.8 Å². The number of rotatable bonds is 3. The second-order valence-electron chi connectivity index (χ2n) is 3.99. The molecule has 0 aromatic carbocycles. The quantitative estimate of drug-likeness (QED) is 0.388. The fourth-order valence-electron chi connectivity index (χ4n) is 1.77. The third kappa shape index (κ3) is 3.03. The minimum absolute atomic E-state index is 0.0709. The molecular weight excluding hydrogens is 260 g/mol. The van der Waals surface area contributed by atoms with Gasteiger partial charge in [-0.05, 0) is 32.0 Å². The molecule has 98 valence electrons. The average molecular weight is 274 g/mol. The number of pyridine rings is 2. The van der Waals surface area contributed by atoms with E-state index >= 15 is 0 Å². The van der Waals surface area contributed by atoms with Crippen LogP contribution in [0.25, 0.3) is 0 Å². The van der Waals surface area contributed by atoms with Crippen LogP contribution in [0.15, 0.2) is 45.5 Å². The van der Waals surface area contributed by atoms with Crippen LogP contribution in [-0.4, -0.2) is 21.0 Å². The van der Waals surface area contributed by atoms with Gasteiger partial charge in [-0.3, -0.25) is 9.97 Å². The Morgan fingerprint density at radius 2 is 2.00 bits per heavy atom. The maximum absolute atomic E-state index is 8.89. The monoisotopic (exact) mass is 274 g/mol. The predicted molar refractivity (Wildman–Crippen MR) is 74.6 cm³/mol. The van der Waals surface area contributed by atoms with Crippen LogP contribution in [0.3, 0.4) is 0 Å². The summed E-state index contributed by atoms with van der Waals surface area (Å²) in [5, 5.41) is 12.0. The Hall–Kier alpha value is -2.08. The van der Waals surface area contributed by atoms with E-state index in [1.54, 1.807) is 12.4 Å². The third-order valence-electron chi connectivity index (χ3n) is 2.53. The van der Waals surface area contributed by atoms with E-state index in [-0.39, 0.29) is 5.84 Å². The van der Waals surface area contributed by atoms with Crippen molar-refractivity contribution < 1.29 is 5.21 Å². The predicted octanol–water partition coefficient (Wildman–Crippen LogP) is 2.34. The zero-order chi connectivity index (χ0) is 13.8. The highest BCUT2D eigenvalue weighted by atomic mass is 32.2. The second-order valence-corrected chi connectivity index (χ2v) is 5.11. The number of nitrogens with zero attached hydrogens (tertiary/aromatic N) is 3. The van der Waals surface area contributed by atoms with Gasteiger partial charge in [0.25, 0.3) is 0 Å². The molecule has 3 N–H and O–H groups in total. The third-order valence-corrected chi connectivity index (χ3v) is 3.58. The van der Waals surface area contributed by atoms with Crippen molar-refractivity contribution >= 4 is 17.6 Å². The van der Waals surface area contributed by atoms with Gasteiger partial charge in [0.05, 0.1) is 5.56 Å². The lowest BCUT2D eigenvalue weighted by atomic mass is 10.1. The maximum atomic E-state index is 8.89. The van der Waals surface area contributed by atoms with E-state index in [1.807, 2.05) is 32.0 Å². The van der Waals surface area contributed by atoms with Crippen LogP contribution >= 0.6 is 11.8 Å². The molecular formula is C13H14N4OS. The molecule has 0 unspecified atom stereocenters. The molecule has 0 aliphatic carbocycles. The number of hydrogen-bond acceptors (Lipinski definition) is 5. The van der Waals surface area contributed by atoms with E-state index in [4.69, 9.17) is 10.9 Å². The lowest BCUT2D eigenvalue weighted by Gasteiger charge is -2.11. The first kappa shape index (κ1) is 13.4. The summed E-state index contributed by atoms with van der Waals surface area (Å²) in [7, 11) is 0. The summed E-state index contributed by atoms with van der Waals surface area (Å²) >= 11 is 1.53. The van der Waals surface area contributed by atoms with Crippen molar-refractivity contribution in [2.75, 3.05) is 0 Å². The summed E-state index contributed by atoms with van der Waals surface area (Å²) in [5.74, 6) is 0.0709. The van der Waals surface area contributed by atoms with Crippen LogP contribution < -0.4 is 5.73 Å². The molecule has 19 heavy (non-hydrogen) atoms. The van der Waals surface area contributed by atoms with E-state index in [2.05, 4.69) is 15.1 Å². The number of nitrogens with two attached hydrogens (primary N) is 1. The van der Waals surface area contributed by atoms with Gasteiger partial charge in [0.15, 0.2) is 5.84 Å². The van der Waals surface area contributed by atoms with Gasteiger partial charge in [0, 0.05) is 33.6 Å². The van der Waals surface area contributed by atoms with Crippen molar-refractivity contribution in [3.8, 4) is 0 Å². The number of oxime groups is 1. The van der Waals surface area contributed by atoms with E-state index in [9.17, 15) is 0 Å². The van der Waals surface area contributed by atoms with Crippen LogP contribution in [0.2, 0.25) is 0 Å². The molecule has 0 spiro atoms. The average Bonchev–Trinajstić information content (AvgIpc) is 2.38. The molecule has 2 aromatic heterocycles. The molecule has 2 rings (SSSR count). The fourth-order valence-corrected chi connectivity index (χ4v) is 2.86. The van der Waals surface area contributed by atoms with E-state index in [0.29, 0.717) is 5.56 Å². The number of aryl methyl sites for hydroxylation is 2. The Morgan fingerprint density at radius 3 is 2.63 bits per heavy atom. The second kappa shape index (κ2) is 5.71. The molecule has 5 nitrogen and oxygen atoms in total. The van der Waals surface area contributed by atoms with Gasteiger partial charge in [-0.15, -0.1) is 0 Å². The van der Waals surface area contributed by atoms with Crippen molar-refractivity contribution in [2.24, 2.45) is 10.9 Å². The Kier molecular flexibility index (Phi) is 4.01. The molecule has 0 aliphatic rings. The Labute approximate surface area is 115 Å². The van der Waals surface area contributed by atoms with Crippen molar-refractivity contribution in [2.45, 2.75) is 23.6 Å². The van der Waals surface area contributed by atoms with Gasteiger partial charge in [0.1, 0.15) is 0 Å². The molecule has 0 saturated carbocycles. The minimum Gasteiger partial charge on any atom is -0.409 e. The normalized spacial score (nSPS) is 11.6. The summed E-state index contributed by atoms with van der Waals surface area (Å²) in [6, 6.07) is 5.74. The van der Waals surface area contributed by atoms with Gasteiger partial charge in [-0.1, -0.05) is 16.9 Å². The molecule has 0 aliphatic heterocycles. The highest BCUT2D eigenvalue weighted by Crippen LogP contribution is 2.31. The SMILES string of the molecule is Cc1cc(Sc2ccncc2)c(/C(N)=N/O)c(C)n1. The van der Waals surface area contributed by atoms with Crippen LogP contribution in [-0.2, 0) is 0 Å². The number of hydrogen-bond donors (Lipinski definition) is 2. The Bertz CT molecular complexity index is 614. The summed E-state index contributed by atoms with van der Waals surface area (Å²) in [6.07, 6.45) is 3.46. The standard InChI is InChI=1S/C13H14N4OS/c1-8-7-11(19-10-3-5-15-6-4-10)12(9(2)16-8)13(14)17-18/h3-7,18H,1-2H3,(H2,14,17). The first-order valence-electron chi connectivity index (χ1n) is 5.66. The van der Waals surface area contributed by atoms with Gasteiger partial charge in [-0.25, -0.2) is 0 Å². The molecule has 0 amide bonds. The number of aromatic nitrogens is 2. The summed E-state index contributed by atoms with van der Waals surface area (Å²) in [5.41, 5.74) is 8.03. The van der Waals surface area contributed by atoms with Crippen molar-refractivity contribution in [1.29, 1.82) is 0 Å². The molecule has 2 heterocycles. The summed E-state index contributed by atoms with van der Waals surface area (Å²) in [4.78, 5) is 10.3. The first-order chi connectivity index (χ1) is 9.11. The highest BCUT2D eigenvalue weighted by molar-refractivity contribution is 7.99. The smallest absolute Gasteiger partial charge is 0.173 e. The van der Waals surface area contributed by atoms with Gasteiger partial charge in [0.2, 0.25) is 0 Å². The van der Waals surface area contributed by atoms with Crippen LogP contribution in [0, 0.1) is 13.8 Å². The largest absolute Gasteiger partial charge is 0.409 e. The summed E-state index contributed by atoms with van der Waals surface area (Å²) < 4.78 is 0. The molecule has 0 radical (unpaired) electrons. The summed E-state index contributed by atoms with van der Waals surface area (Å²) in [6.45, 7) is 3.76. The highest BCUT2D eigenvalue weighted by Gasteiger charge is 2.14. The van der Waals surface area contributed by atoms with Crippen molar-refractivity contribution in [3.63, 3.8) is 0 Å². The molecule has 6 heteroatoms. The van der Waals surface area contributed by atoms with Crippen LogP contribution in [0.5, 0.6) is 0 Å². The molecule has 0 saturated heterocycles. The zero-order valence-corrected chi connectivity index (χ0v) is 11.5. The zero-order valence-electron chi connectivity index (χ0n) is 10.7. The number of amidine groups is 1. The van der Waals surface area contributed by atoms with Gasteiger partial charge >= 0.3 is 0 Å². The van der Waals surface area contributed by atoms with Crippen LogP contribution in [0.1, 0.15) is 17.0 Å². The van der Waals surface area contributed by atoms with Gasteiger partial charge < -0.3 is 10.9 Å². The molecule has 0 atom stereocenters. The van der Waals surface area contributed by atoms with Crippen LogP contribution in [0.4, 0.5) is 0 Å².